The predicted octanol–water partition coefficient (Wildman–Crippen LogP) is 0.812. The molecule has 2 N–H and O–H groups in total. The number of amides is 1. The average molecular weight is 293 g/mol. The van der Waals surface area contributed by atoms with E-state index in [0.29, 0.717) is 0 Å². The molecular formula is C15H19NO5. The number of aliphatic carboxylic acids is 1. The maximum absolute atomic E-state index is 12.5. The molecule has 6 heteroatoms. The van der Waals surface area contributed by atoms with Crippen molar-refractivity contribution in [1.29, 1.82) is 0 Å². The van der Waals surface area contributed by atoms with E-state index in [0.717, 1.165) is 5.56 Å². The summed E-state index contributed by atoms with van der Waals surface area (Å²) in [6.45, 7) is 0.405. The van der Waals surface area contributed by atoms with Gasteiger partial charge in [0, 0.05) is 33.0 Å². The van der Waals surface area contributed by atoms with Gasteiger partial charge in [-0.1, -0.05) is 30.3 Å². The summed E-state index contributed by atoms with van der Waals surface area (Å²) in [5, 5.41) is 18.9. The number of carboxylic acid groups (broad SMARTS) is 1. The summed E-state index contributed by atoms with van der Waals surface area (Å²) in [5.74, 6) is -1.45. The Morgan fingerprint density at radius 2 is 1.81 bits per heavy atom. The molecule has 114 valence electrons. The van der Waals surface area contributed by atoms with Crippen LogP contribution in [0.25, 0.3) is 0 Å². The molecule has 1 saturated heterocycles. The zero-order valence-corrected chi connectivity index (χ0v) is 11.9. The molecule has 1 aromatic carbocycles. The van der Waals surface area contributed by atoms with Gasteiger partial charge in [0.1, 0.15) is 0 Å². The van der Waals surface area contributed by atoms with Crippen LogP contribution in [0.4, 0.5) is 0 Å². The van der Waals surface area contributed by atoms with E-state index in [4.69, 9.17) is 9.84 Å². The molecule has 1 aliphatic heterocycles. The van der Waals surface area contributed by atoms with Crippen LogP contribution in [0.2, 0.25) is 0 Å². The van der Waals surface area contributed by atoms with Crippen LogP contribution in [0, 0.1) is 0 Å². The van der Waals surface area contributed by atoms with Gasteiger partial charge in [0.15, 0.2) is 11.7 Å². The summed E-state index contributed by atoms with van der Waals surface area (Å²) in [7, 11) is 1.47. The minimum absolute atomic E-state index is 0.0271. The van der Waals surface area contributed by atoms with Gasteiger partial charge in [-0.2, -0.15) is 0 Å². The lowest BCUT2D eigenvalue weighted by molar-refractivity contribution is -0.167. The largest absolute Gasteiger partial charge is 0.479 e. The lowest BCUT2D eigenvalue weighted by Crippen LogP contribution is -2.51. The van der Waals surface area contributed by atoms with Crippen LogP contribution in [-0.4, -0.2) is 52.8 Å². The first-order valence-corrected chi connectivity index (χ1v) is 6.80. The molecule has 21 heavy (non-hydrogen) atoms. The number of ether oxygens (including phenoxy) is 1. The Morgan fingerprint density at radius 3 is 2.29 bits per heavy atom. The maximum Gasteiger partial charge on any atom is 0.335 e. The van der Waals surface area contributed by atoms with Crippen molar-refractivity contribution in [2.24, 2.45) is 0 Å². The van der Waals surface area contributed by atoms with Crippen molar-refractivity contribution in [2.45, 2.75) is 24.5 Å². The number of nitrogens with zero attached hydrogens (tertiary/aromatic N) is 1. The summed E-state index contributed by atoms with van der Waals surface area (Å²) in [6, 6.07) is 9.13. The van der Waals surface area contributed by atoms with E-state index >= 15 is 0 Å². The number of carbonyl (C=O) groups excluding carboxylic acids is 1. The van der Waals surface area contributed by atoms with Gasteiger partial charge >= 0.3 is 5.97 Å². The van der Waals surface area contributed by atoms with Crippen molar-refractivity contribution in [3.63, 3.8) is 0 Å². The second-order valence-corrected chi connectivity index (χ2v) is 5.19. The molecular weight excluding hydrogens is 274 g/mol. The van der Waals surface area contributed by atoms with Crippen molar-refractivity contribution >= 4 is 11.9 Å². The molecule has 1 atom stereocenters. The summed E-state index contributed by atoms with van der Waals surface area (Å²) >= 11 is 0. The molecule has 0 radical (unpaired) electrons. The fourth-order valence-corrected chi connectivity index (χ4v) is 2.48. The van der Waals surface area contributed by atoms with Crippen molar-refractivity contribution in [1.82, 2.24) is 4.90 Å². The van der Waals surface area contributed by atoms with Gasteiger partial charge in [-0.15, -0.1) is 0 Å². The number of aliphatic hydroxyl groups is 1. The fourth-order valence-electron chi connectivity index (χ4n) is 2.48. The number of benzene rings is 1. The first-order valence-electron chi connectivity index (χ1n) is 6.80. The molecule has 0 unspecified atom stereocenters. The molecule has 0 saturated carbocycles. The zero-order valence-electron chi connectivity index (χ0n) is 11.9. The van der Waals surface area contributed by atoms with Crippen LogP contribution in [0.3, 0.4) is 0 Å². The second-order valence-electron chi connectivity index (χ2n) is 5.19. The van der Waals surface area contributed by atoms with Crippen LogP contribution in [0.15, 0.2) is 30.3 Å². The van der Waals surface area contributed by atoms with Gasteiger partial charge in [-0.05, 0) is 5.56 Å². The van der Waals surface area contributed by atoms with Crippen molar-refractivity contribution < 1.29 is 24.5 Å². The Bertz CT molecular complexity index is 508. The first-order chi connectivity index (χ1) is 9.98. The van der Waals surface area contributed by atoms with E-state index in [1.54, 1.807) is 4.90 Å². The Hall–Kier alpha value is -1.92. The highest BCUT2D eigenvalue weighted by Crippen LogP contribution is 2.26. The number of methoxy groups -OCH3 is 1. The quantitative estimate of drug-likeness (QED) is 0.858. The monoisotopic (exact) mass is 293 g/mol. The maximum atomic E-state index is 12.5. The van der Waals surface area contributed by atoms with Crippen molar-refractivity contribution in [3.05, 3.63) is 35.9 Å². The standard InChI is InChI=1S/C15H19NO5/c1-21-12(11-5-3-2-4-6-11)13(17)16-9-7-15(20,8-10-16)14(18)19/h2-6,12,20H,7-10H2,1H3,(H,18,19)/t12-/m1/s1. The molecule has 0 aromatic heterocycles. The molecule has 0 aliphatic carbocycles. The smallest absolute Gasteiger partial charge is 0.335 e. The predicted molar refractivity (Wildman–Crippen MR) is 74.6 cm³/mol. The van der Waals surface area contributed by atoms with Crippen LogP contribution in [0.5, 0.6) is 0 Å². The molecule has 1 aromatic rings. The van der Waals surface area contributed by atoms with E-state index in [1.165, 1.54) is 7.11 Å². The highest BCUT2D eigenvalue weighted by molar-refractivity contribution is 5.83. The van der Waals surface area contributed by atoms with Crippen LogP contribution in [0.1, 0.15) is 24.5 Å². The second kappa shape index (κ2) is 6.24. The topological polar surface area (TPSA) is 87.1 Å². The SMILES string of the molecule is CO[C@@H](C(=O)N1CCC(O)(C(=O)O)CC1)c1ccccc1. The van der Waals surface area contributed by atoms with Crippen molar-refractivity contribution in [2.75, 3.05) is 20.2 Å². The molecule has 1 amide bonds. The number of likely N-dealkylation sites (tertiary alicyclic amines) is 1. The van der Waals surface area contributed by atoms with Gasteiger partial charge in [-0.3, -0.25) is 4.79 Å². The van der Waals surface area contributed by atoms with Gasteiger partial charge in [-0.25, -0.2) is 4.79 Å². The molecule has 2 rings (SSSR count). The number of piperidine rings is 1. The van der Waals surface area contributed by atoms with Crippen LogP contribution in [-0.2, 0) is 14.3 Å². The number of hydrogen-bond acceptors (Lipinski definition) is 4. The molecule has 1 aliphatic rings. The summed E-state index contributed by atoms with van der Waals surface area (Å²) in [6.07, 6.45) is -0.652. The minimum Gasteiger partial charge on any atom is -0.479 e. The summed E-state index contributed by atoms with van der Waals surface area (Å²) < 4.78 is 5.28. The Labute approximate surface area is 122 Å². The van der Waals surface area contributed by atoms with Gasteiger partial charge in [0.05, 0.1) is 0 Å². The van der Waals surface area contributed by atoms with E-state index in [9.17, 15) is 14.7 Å². The van der Waals surface area contributed by atoms with Gasteiger partial charge in [0.2, 0.25) is 0 Å². The van der Waals surface area contributed by atoms with Gasteiger partial charge < -0.3 is 19.8 Å². The van der Waals surface area contributed by atoms with E-state index in [-0.39, 0.29) is 31.8 Å². The molecule has 0 spiro atoms. The third-order valence-electron chi connectivity index (χ3n) is 3.86. The van der Waals surface area contributed by atoms with E-state index < -0.39 is 17.7 Å². The summed E-state index contributed by atoms with van der Waals surface area (Å²) in [5.41, 5.74) is -0.976. The lowest BCUT2D eigenvalue weighted by atomic mass is 9.91. The molecule has 0 bridgehead atoms. The molecule has 1 fully saturated rings. The van der Waals surface area contributed by atoms with Crippen LogP contribution < -0.4 is 0 Å². The van der Waals surface area contributed by atoms with Crippen molar-refractivity contribution in [3.8, 4) is 0 Å². The average Bonchev–Trinajstić information content (AvgIpc) is 2.49. The first kappa shape index (κ1) is 15.5. The summed E-state index contributed by atoms with van der Waals surface area (Å²) in [4.78, 5) is 25.0. The third kappa shape index (κ3) is 3.22. The highest BCUT2D eigenvalue weighted by atomic mass is 16.5. The molecule has 6 nitrogen and oxygen atoms in total. The third-order valence-corrected chi connectivity index (χ3v) is 3.86. The Morgan fingerprint density at radius 1 is 1.24 bits per heavy atom. The van der Waals surface area contributed by atoms with E-state index in [2.05, 4.69) is 0 Å². The Balaban J connectivity index is 2.06. The normalized spacial score (nSPS) is 19.0. The number of carbonyl (C=O) groups is 2. The zero-order chi connectivity index (χ0) is 15.5. The highest BCUT2D eigenvalue weighted by Gasteiger charge is 2.41. The Kier molecular flexibility index (Phi) is 4.59. The number of hydrogen-bond donors (Lipinski definition) is 2. The number of carboxylic acids is 1. The molecule has 1 heterocycles. The van der Waals surface area contributed by atoms with Gasteiger partial charge in [0.25, 0.3) is 5.91 Å². The lowest BCUT2D eigenvalue weighted by Gasteiger charge is -2.36. The van der Waals surface area contributed by atoms with E-state index in [1.807, 2.05) is 30.3 Å². The number of rotatable bonds is 4. The fraction of sp³-hybridized carbons (Fsp3) is 0.467. The minimum atomic E-state index is -1.73. The van der Waals surface area contributed by atoms with Crippen LogP contribution >= 0.6 is 0 Å².